The molecule has 0 aliphatic rings. The number of fused-ring (bicyclic) bond motifs is 1. The molecule has 0 aliphatic heterocycles. The molecule has 0 saturated carbocycles. The molecule has 3 rings (SSSR count). The molecule has 0 N–H and O–H groups in total. The minimum atomic E-state index is 0.639. The Morgan fingerprint density at radius 1 is 1.13 bits per heavy atom. The van der Waals surface area contributed by atoms with Crippen molar-refractivity contribution in [1.29, 1.82) is 0 Å². The second-order valence-corrected chi connectivity index (χ2v) is 3.28. The third-order valence-corrected chi connectivity index (χ3v) is 2.29. The minimum absolute atomic E-state index is 0.639. The Balaban J connectivity index is 2.05. The van der Waals surface area contributed by atoms with Crippen LogP contribution in [0.25, 0.3) is 11.0 Å². The summed E-state index contributed by atoms with van der Waals surface area (Å²) in [5.41, 5.74) is 2.10. The number of hydrogen-bond acceptors (Lipinski definition) is 3. The first-order valence-electron chi connectivity index (χ1n) is 4.66. The molecule has 0 fully saturated rings. The van der Waals surface area contributed by atoms with E-state index in [0.29, 0.717) is 6.67 Å². The van der Waals surface area contributed by atoms with Gasteiger partial charge in [-0.3, -0.25) is 0 Å². The molecule has 0 aliphatic carbocycles. The molecule has 0 unspecified atom stereocenters. The Morgan fingerprint density at radius 2 is 2.07 bits per heavy atom. The molecule has 0 saturated heterocycles. The van der Waals surface area contributed by atoms with Gasteiger partial charge in [-0.15, -0.1) is 0 Å². The van der Waals surface area contributed by atoms with Gasteiger partial charge in [0, 0.05) is 0 Å². The average molecular weight is 199 g/mol. The first-order chi connectivity index (χ1) is 7.43. The van der Waals surface area contributed by atoms with Gasteiger partial charge in [0.25, 0.3) is 0 Å². The van der Waals surface area contributed by atoms with Gasteiger partial charge >= 0.3 is 0 Å². The number of para-hydroxylation sites is 2. The molecule has 0 spiro atoms. The zero-order valence-corrected chi connectivity index (χ0v) is 7.98. The van der Waals surface area contributed by atoms with Crippen molar-refractivity contribution in [3.63, 3.8) is 0 Å². The zero-order valence-electron chi connectivity index (χ0n) is 7.98. The largest absolute Gasteiger partial charge is 0.310 e. The van der Waals surface area contributed by atoms with Gasteiger partial charge in [0.2, 0.25) is 0 Å². The second kappa shape index (κ2) is 3.20. The van der Waals surface area contributed by atoms with Gasteiger partial charge < -0.3 is 4.57 Å². The van der Waals surface area contributed by atoms with Crippen molar-refractivity contribution in [3.05, 3.63) is 43.2 Å². The Kier molecular flexibility index (Phi) is 1.74. The predicted molar refractivity (Wildman–Crippen MR) is 55.2 cm³/mol. The van der Waals surface area contributed by atoms with Crippen molar-refractivity contribution in [2.45, 2.75) is 6.67 Å². The lowest BCUT2D eigenvalue weighted by atomic mass is 10.3. The molecule has 0 amide bonds. The van der Waals surface area contributed by atoms with Gasteiger partial charge in [-0.1, -0.05) is 12.1 Å². The highest BCUT2D eigenvalue weighted by Crippen LogP contribution is 2.11. The van der Waals surface area contributed by atoms with E-state index in [4.69, 9.17) is 0 Å². The smallest absolute Gasteiger partial charge is 0.137 e. The summed E-state index contributed by atoms with van der Waals surface area (Å²) in [5, 5.41) is 4.05. The molecule has 0 radical (unpaired) electrons. The van der Waals surface area contributed by atoms with Gasteiger partial charge in [-0.05, 0) is 12.1 Å². The number of hydrogen-bond donors (Lipinski definition) is 0. The molecular formula is C10H9N5. The van der Waals surface area contributed by atoms with Gasteiger partial charge in [-0.25, -0.2) is 14.6 Å². The number of rotatable bonds is 2. The molecule has 2 aromatic heterocycles. The fourth-order valence-electron chi connectivity index (χ4n) is 1.58. The topological polar surface area (TPSA) is 48.5 Å². The molecule has 1 aromatic carbocycles. The van der Waals surface area contributed by atoms with Crippen molar-refractivity contribution in [3.8, 4) is 0 Å². The van der Waals surface area contributed by atoms with Crippen LogP contribution in [0, 0.1) is 0 Å². The van der Waals surface area contributed by atoms with Crippen LogP contribution in [0.1, 0.15) is 0 Å². The third-order valence-electron chi connectivity index (χ3n) is 2.29. The van der Waals surface area contributed by atoms with Crippen LogP contribution < -0.4 is 0 Å². The molecule has 15 heavy (non-hydrogen) atoms. The van der Waals surface area contributed by atoms with E-state index in [0.717, 1.165) is 11.0 Å². The van der Waals surface area contributed by atoms with Gasteiger partial charge in [0.1, 0.15) is 19.3 Å². The molecule has 0 bridgehead atoms. The molecule has 0 atom stereocenters. The number of nitrogens with zero attached hydrogens (tertiary/aromatic N) is 5. The summed E-state index contributed by atoms with van der Waals surface area (Å²) < 4.78 is 3.79. The number of benzene rings is 1. The maximum absolute atomic E-state index is 4.30. The van der Waals surface area contributed by atoms with Crippen LogP contribution in [0.4, 0.5) is 0 Å². The van der Waals surface area contributed by atoms with Gasteiger partial charge in [0.15, 0.2) is 0 Å². The molecule has 5 heteroatoms. The third kappa shape index (κ3) is 1.38. The predicted octanol–water partition coefficient (Wildman–Crippen LogP) is 1.13. The summed E-state index contributed by atoms with van der Waals surface area (Å²) >= 11 is 0. The van der Waals surface area contributed by atoms with E-state index in [-0.39, 0.29) is 0 Å². The van der Waals surface area contributed by atoms with Crippen LogP contribution in [-0.4, -0.2) is 24.3 Å². The second-order valence-electron chi connectivity index (χ2n) is 3.28. The van der Waals surface area contributed by atoms with E-state index in [9.17, 15) is 0 Å². The lowest BCUT2D eigenvalue weighted by molar-refractivity contribution is 0.557. The standard InChI is InChI=1S/C10H9N5/c1-2-4-10-9(3-1)12-7-14(10)8-15-6-11-5-13-15/h1-7H,8H2. The molecular weight excluding hydrogens is 190 g/mol. The Hall–Kier alpha value is -2.17. The summed E-state index contributed by atoms with van der Waals surface area (Å²) in [6.07, 6.45) is 5.03. The summed E-state index contributed by atoms with van der Waals surface area (Å²) in [6, 6.07) is 8.02. The van der Waals surface area contributed by atoms with Crippen molar-refractivity contribution < 1.29 is 0 Å². The lowest BCUT2D eigenvalue weighted by Crippen LogP contribution is -2.07. The highest BCUT2D eigenvalue weighted by molar-refractivity contribution is 5.74. The van der Waals surface area contributed by atoms with Crippen molar-refractivity contribution in [2.24, 2.45) is 0 Å². The summed E-state index contributed by atoms with van der Waals surface area (Å²) in [4.78, 5) is 8.20. The SMILES string of the molecule is c1ccc2c(c1)ncn2Cn1cncn1. The van der Waals surface area contributed by atoms with Gasteiger partial charge in [-0.2, -0.15) is 5.10 Å². The minimum Gasteiger partial charge on any atom is -0.310 e. The zero-order chi connectivity index (χ0) is 10.1. The van der Waals surface area contributed by atoms with Crippen LogP contribution in [0.5, 0.6) is 0 Å². The highest BCUT2D eigenvalue weighted by Gasteiger charge is 2.01. The number of aromatic nitrogens is 5. The monoisotopic (exact) mass is 199 g/mol. The van der Waals surface area contributed by atoms with E-state index in [1.54, 1.807) is 11.0 Å². The first kappa shape index (κ1) is 8.16. The van der Waals surface area contributed by atoms with Crippen molar-refractivity contribution >= 4 is 11.0 Å². The average Bonchev–Trinajstić information content (AvgIpc) is 2.89. The van der Waals surface area contributed by atoms with Crippen molar-refractivity contribution in [1.82, 2.24) is 24.3 Å². The van der Waals surface area contributed by atoms with Crippen molar-refractivity contribution in [2.75, 3.05) is 0 Å². The first-order valence-corrected chi connectivity index (χ1v) is 4.66. The maximum atomic E-state index is 4.30. The van der Waals surface area contributed by atoms with Gasteiger partial charge in [0.05, 0.1) is 17.4 Å². The van der Waals surface area contributed by atoms with E-state index in [2.05, 4.69) is 15.1 Å². The highest BCUT2D eigenvalue weighted by atomic mass is 15.4. The van der Waals surface area contributed by atoms with E-state index >= 15 is 0 Å². The van der Waals surface area contributed by atoms with Crippen LogP contribution in [-0.2, 0) is 6.67 Å². The molecule has 5 nitrogen and oxygen atoms in total. The Labute approximate surface area is 86.0 Å². The van der Waals surface area contributed by atoms with E-state index in [1.165, 1.54) is 6.33 Å². The van der Waals surface area contributed by atoms with Crippen LogP contribution in [0.15, 0.2) is 43.2 Å². The van der Waals surface area contributed by atoms with Crippen LogP contribution in [0.3, 0.4) is 0 Å². The molecule has 74 valence electrons. The maximum Gasteiger partial charge on any atom is 0.137 e. The number of imidazole rings is 1. The summed E-state index contributed by atoms with van der Waals surface area (Å²) in [6.45, 7) is 0.639. The van der Waals surface area contributed by atoms with Crippen LogP contribution in [0.2, 0.25) is 0 Å². The van der Waals surface area contributed by atoms with E-state index in [1.807, 2.05) is 35.2 Å². The van der Waals surface area contributed by atoms with E-state index < -0.39 is 0 Å². The quantitative estimate of drug-likeness (QED) is 0.621. The lowest BCUT2D eigenvalue weighted by Gasteiger charge is -2.02. The Morgan fingerprint density at radius 3 is 2.93 bits per heavy atom. The normalized spacial score (nSPS) is 10.9. The Bertz CT molecular complexity index is 566. The summed E-state index contributed by atoms with van der Waals surface area (Å²) in [7, 11) is 0. The fourth-order valence-corrected chi connectivity index (χ4v) is 1.58. The molecule has 3 aromatic rings. The summed E-state index contributed by atoms with van der Waals surface area (Å²) in [5.74, 6) is 0. The fraction of sp³-hybridized carbons (Fsp3) is 0.100. The molecule has 2 heterocycles. The van der Waals surface area contributed by atoms with Crippen LogP contribution >= 0.6 is 0 Å².